The Labute approximate surface area is 128 Å². The predicted octanol–water partition coefficient (Wildman–Crippen LogP) is -0.0946. The highest BCUT2D eigenvalue weighted by molar-refractivity contribution is 5.96. The number of carbonyl (C=O) groups excluding carboxylic acids is 1. The summed E-state index contributed by atoms with van der Waals surface area (Å²) in [6, 6.07) is 0. The van der Waals surface area contributed by atoms with Crippen LogP contribution in [-0.2, 0) is 6.42 Å². The summed E-state index contributed by atoms with van der Waals surface area (Å²) in [5.74, 6) is -0.500. The minimum Gasteiger partial charge on any atom is -0.349 e. The Bertz CT molecular complexity index is 524. The van der Waals surface area contributed by atoms with Crippen molar-refractivity contribution < 1.29 is 9.72 Å². The van der Waals surface area contributed by atoms with Gasteiger partial charge in [-0.1, -0.05) is 13.3 Å². The molecular formula is C13H22N6O3. The van der Waals surface area contributed by atoms with E-state index in [0.29, 0.717) is 18.7 Å². The number of hydrogen-bond acceptors (Lipinski definition) is 6. The lowest BCUT2D eigenvalue weighted by Crippen LogP contribution is -2.46. The Balaban J connectivity index is 1.92. The van der Waals surface area contributed by atoms with Crippen molar-refractivity contribution in [3.63, 3.8) is 0 Å². The first-order valence-corrected chi connectivity index (χ1v) is 7.56. The van der Waals surface area contributed by atoms with E-state index in [2.05, 4.69) is 25.7 Å². The fraction of sp³-hybridized carbons (Fsp3) is 0.692. The number of piperazine rings is 1. The summed E-state index contributed by atoms with van der Waals surface area (Å²) in [5.41, 5.74) is 0.0649. The third-order valence-corrected chi connectivity index (χ3v) is 3.63. The topological polar surface area (TPSA) is 116 Å². The normalized spacial score (nSPS) is 15.7. The number of amides is 1. The van der Waals surface area contributed by atoms with Gasteiger partial charge in [0.1, 0.15) is 5.69 Å². The molecule has 0 unspecified atom stereocenters. The Hall–Kier alpha value is -2.00. The maximum Gasteiger partial charge on any atom is 0.322 e. The lowest BCUT2D eigenvalue weighted by Gasteiger charge is -2.26. The van der Waals surface area contributed by atoms with Crippen LogP contribution >= 0.6 is 0 Å². The molecule has 122 valence electrons. The zero-order chi connectivity index (χ0) is 15.9. The van der Waals surface area contributed by atoms with E-state index in [-0.39, 0.29) is 11.4 Å². The van der Waals surface area contributed by atoms with Crippen LogP contribution in [0.25, 0.3) is 0 Å². The van der Waals surface area contributed by atoms with E-state index in [4.69, 9.17) is 0 Å². The Morgan fingerprint density at radius 2 is 2.18 bits per heavy atom. The van der Waals surface area contributed by atoms with Gasteiger partial charge in [0.05, 0.1) is 4.92 Å². The van der Waals surface area contributed by atoms with Gasteiger partial charge in [-0.15, -0.1) is 0 Å². The smallest absolute Gasteiger partial charge is 0.322 e. The van der Waals surface area contributed by atoms with Gasteiger partial charge >= 0.3 is 5.69 Å². The van der Waals surface area contributed by atoms with Gasteiger partial charge in [0.2, 0.25) is 5.69 Å². The van der Waals surface area contributed by atoms with E-state index < -0.39 is 10.8 Å². The lowest BCUT2D eigenvalue weighted by atomic mass is 10.2. The summed E-state index contributed by atoms with van der Waals surface area (Å²) in [6.45, 7) is 6.87. The molecule has 0 aliphatic carbocycles. The standard InChI is InChI=1S/C13H22N6O3/c1-2-3-10-12(19(21)22)11(17-16-10)13(20)15-6-9-18-7-4-14-5-8-18/h14H,2-9H2,1H3,(H,15,20)(H,16,17). The number of carbonyl (C=O) groups is 1. The van der Waals surface area contributed by atoms with Crippen molar-refractivity contribution in [3.05, 3.63) is 21.5 Å². The summed E-state index contributed by atoms with van der Waals surface area (Å²) in [4.78, 5) is 24.9. The third-order valence-electron chi connectivity index (χ3n) is 3.63. The van der Waals surface area contributed by atoms with Gasteiger partial charge in [-0.2, -0.15) is 5.10 Å². The molecule has 0 saturated carbocycles. The average molecular weight is 310 g/mol. The Morgan fingerprint density at radius 3 is 2.82 bits per heavy atom. The third kappa shape index (κ3) is 4.01. The van der Waals surface area contributed by atoms with Crippen LogP contribution in [-0.4, -0.2) is 65.2 Å². The van der Waals surface area contributed by atoms with Crippen molar-refractivity contribution in [2.75, 3.05) is 39.3 Å². The Kier molecular flexibility index (Phi) is 5.84. The van der Waals surface area contributed by atoms with Crippen molar-refractivity contribution in [1.82, 2.24) is 25.7 Å². The molecule has 9 nitrogen and oxygen atoms in total. The van der Waals surface area contributed by atoms with Crippen LogP contribution in [0.3, 0.4) is 0 Å². The summed E-state index contributed by atoms with van der Waals surface area (Å²) in [7, 11) is 0. The number of H-pyrrole nitrogens is 1. The van der Waals surface area contributed by atoms with Crippen molar-refractivity contribution in [3.8, 4) is 0 Å². The van der Waals surface area contributed by atoms with Crippen LogP contribution < -0.4 is 10.6 Å². The van der Waals surface area contributed by atoms with E-state index in [1.54, 1.807) is 0 Å². The second-order valence-electron chi connectivity index (χ2n) is 5.25. The maximum absolute atomic E-state index is 12.1. The van der Waals surface area contributed by atoms with Crippen molar-refractivity contribution in [1.29, 1.82) is 0 Å². The molecule has 2 heterocycles. The van der Waals surface area contributed by atoms with Crippen molar-refractivity contribution in [2.24, 2.45) is 0 Å². The van der Waals surface area contributed by atoms with Crippen LogP contribution in [0.2, 0.25) is 0 Å². The van der Waals surface area contributed by atoms with Gasteiger partial charge < -0.3 is 10.6 Å². The van der Waals surface area contributed by atoms with Gasteiger partial charge in [-0.05, 0) is 6.42 Å². The van der Waals surface area contributed by atoms with E-state index in [9.17, 15) is 14.9 Å². The molecular weight excluding hydrogens is 288 g/mol. The average Bonchev–Trinajstić information content (AvgIpc) is 2.93. The van der Waals surface area contributed by atoms with Crippen molar-refractivity contribution >= 4 is 11.6 Å². The van der Waals surface area contributed by atoms with Crippen LogP contribution in [0.1, 0.15) is 29.5 Å². The molecule has 0 radical (unpaired) electrons. The highest BCUT2D eigenvalue weighted by atomic mass is 16.6. The zero-order valence-electron chi connectivity index (χ0n) is 12.7. The van der Waals surface area contributed by atoms with Gasteiger partial charge in [-0.25, -0.2) is 0 Å². The largest absolute Gasteiger partial charge is 0.349 e. The lowest BCUT2D eigenvalue weighted by molar-refractivity contribution is -0.385. The second kappa shape index (κ2) is 7.85. The molecule has 1 aliphatic rings. The number of aromatic nitrogens is 2. The molecule has 3 N–H and O–H groups in total. The zero-order valence-corrected chi connectivity index (χ0v) is 12.7. The summed E-state index contributed by atoms with van der Waals surface area (Å²) >= 11 is 0. The first-order valence-electron chi connectivity index (χ1n) is 7.56. The van der Waals surface area contributed by atoms with Crippen molar-refractivity contribution in [2.45, 2.75) is 19.8 Å². The van der Waals surface area contributed by atoms with Crippen LogP contribution in [0, 0.1) is 10.1 Å². The molecule has 22 heavy (non-hydrogen) atoms. The minimum absolute atomic E-state index is 0.131. The van der Waals surface area contributed by atoms with Crippen LogP contribution in [0.4, 0.5) is 5.69 Å². The Morgan fingerprint density at radius 1 is 1.45 bits per heavy atom. The molecule has 1 aliphatic heterocycles. The summed E-state index contributed by atoms with van der Waals surface area (Å²) in [5, 5.41) is 23.5. The van der Waals surface area contributed by atoms with E-state index in [1.165, 1.54) is 0 Å². The van der Waals surface area contributed by atoms with E-state index in [0.717, 1.165) is 39.1 Å². The van der Waals surface area contributed by atoms with Crippen LogP contribution in [0.15, 0.2) is 0 Å². The quantitative estimate of drug-likeness (QED) is 0.478. The fourth-order valence-electron chi connectivity index (χ4n) is 2.50. The molecule has 1 fully saturated rings. The molecule has 9 heteroatoms. The predicted molar refractivity (Wildman–Crippen MR) is 80.9 cm³/mol. The SMILES string of the molecule is CCCc1[nH]nc(C(=O)NCCN2CCNCC2)c1[N+](=O)[O-]. The molecule has 1 aromatic heterocycles. The first-order chi connectivity index (χ1) is 10.6. The fourth-order valence-corrected chi connectivity index (χ4v) is 2.50. The molecule has 0 spiro atoms. The van der Waals surface area contributed by atoms with E-state index >= 15 is 0 Å². The van der Waals surface area contributed by atoms with Crippen LogP contribution in [0.5, 0.6) is 0 Å². The molecule has 1 saturated heterocycles. The molecule has 1 aromatic rings. The number of aromatic amines is 1. The number of rotatable bonds is 7. The number of nitrogens with zero attached hydrogens (tertiary/aromatic N) is 3. The minimum atomic E-state index is -0.542. The summed E-state index contributed by atoms with van der Waals surface area (Å²) < 4.78 is 0. The molecule has 1 amide bonds. The maximum atomic E-state index is 12.1. The molecule has 0 aromatic carbocycles. The van der Waals surface area contributed by atoms with Gasteiger partial charge in [0, 0.05) is 39.3 Å². The molecule has 0 bridgehead atoms. The molecule has 0 atom stereocenters. The monoisotopic (exact) mass is 310 g/mol. The van der Waals surface area contributed by atoms with E-state index in [1.807, 2.05) is 6.92 Å². The highest BCUT2D eigenvalue weighted by Gasteiger charge is 2.28. The van der Waals surface area contributed by atoms with Gasteiger partial charge in [0.25, 0.3) is 5.91 Å². The highest BCUT2D eigenvalue weighted by Crippen LogP contribution is 2.22. The van der Waals surface area contributed by atoms with Gasteiger partial charge in [-0.3, -0.25) is 24.9 Å². The summed E-state index contributed by atoms with van der Waals surface area (Å²) in [6.07, 6.45) is 1.24. The first kappa shape index (κ1) is 16.4. The second-order valence-corrected chi connectivity index (χ2v) is 5.25. The number of nitrogens with one attached hydrogen (secondary N) is 3. The number of hydrogen-bond donors (Lipinski definition) is 3. The number of aryl methyl sites for hydroxylation is 1. The number of nitro groups is 1. The molecule has 2 rings (SSSR count). The van der Waals surface area contributed by atoms with Gasteiger partial charge in [0.15, 0.2) is 0 Å².